The minimum atomic E-state index is -4.57. The van der Waals surface area contributed by atoms with E-state index in [0.717, 1.165) is 45.7 Å². The van der Waals surface area contributed by atoms with E-state index in [-0.39, 0.29) is 29.9 Å². The Hall–Kier alpha value is -3.64. The first kappa shape index (κ1) is 28.4. The number of nitrogens with zero attached hydrogens (tertiary/aromatic N) is 4. The van der Waals surface area contributed by atoms with Gasteiger partial charge in [-0.25, -0.2) is 4.39 Å². The Balaban J connectivity index is 1.40. The van der Waals surface area contributed by atoms with Crippen LogP contribution >= 0.6 is 0 Å². The summed E-state index contributed by atoms with van der Waals surface area (Å²) < 4.78 is 61.4. The largest absolute Gasteiger partial charge is 0.454 e. The molecular formula is C27H29F4N5O3. The summed E-state index contributed by atoms with van der Waals surface area (Å²) in [4.78, 5) is 27.2. The van der Waals surface area contributed by atoms with Crippen molar-refractivity contribution >= 4 is 11.7 Å². The van der Waals surface area contributed by atoms with E-state index in [1.807, 2.05) is 0 Å². The van der Waals surface area contributed by atoms with Gasteiger partial charge in [0.1, 0.15) is 5.82 Å². The van der Waals surface area contributed by atoms with Crippen LogP contribution in [0.4, 0.5) is 23.5 Å². The second-order valence-electron chi connectivity index (χ2n) is 9.06. The normalized spacial score (nSPS) is 14.3. The number of rotatable bonds is 12. The Morgan fingerprint density at radius 2 is 1.69 bits per heavy atom. The number of carbonyl (C=O) groups excluding carboxylic acids is 1. The van der Waals surface area contributed by atoms with Crippen LogP contribution in [0, 0.1) is 5.82 Å². The number of ether oxygens (including phenoxy) is 2. The number of halogens is 4. The van der Waals surface area contributed by atoms with Crippen LogP contribution < -0.4 is 10.1 Å². The fourth-order valence-electron chi connectivity index (χ4n) is 3.95. The number of aromatic nitrogens is 3. The Morgan fingerprint density at radius 1 is 0.974 bits per heavy atom. The summed E-state index contributed by atoms with van der Waals surface area (Å²) in [6.07, 6.45) is -2.46. The number of Topliss-reactive ketones (excluding diaryl/α,β-unsaturated/α-hetero) is 1. The van der Waals surface area contributed by atoms with Crippen LogP contribution in [0.15, 0.2) is 48.5 Å². The van der Waals surface area contributed by atoms with Crippen LogP contribution in [0.25, 0.3) is 11.4 Å². The van der Waals surface area contributed by atoms with E-state index in [0.29, 0.717) is 23.1 Å². The molecule has 4 rings (SSSR count). The number of alkyl halides is 3. The summed E-state index contributed by atoms with van der Waals surface area (Å²) in [5.74, 6) is -0.316. The van der Waals surface area contributed by atoms with Crippen molar-refractivity contribution in [2.24, 2.45) is 0 Å². The zero-order chi connectivity index (χ0) is 27.7. The fraction of sp³-hybridized carbons (Fsp3) is 0.407. The predicted octanol–water partition coefficient (Wildman–Crippen LogP) is 4.92. The molecule has 0 unspecified atom stereocenters. The number of nitrogens with one attached hydrogen (secondary N) is 1. The second-order valence-corrected chi connectivity index (χ2v) is 9.06. The Morgan fingerprint density at radius 3 is 2.38 bits per heavy atom. The quantitative estimate of drug-likeness (QED) is 0.194. The van der Waals surface area contributed by atoms with Gasteiger partial charge in [-0.2, -0.15) is 28.1 Å². The van der Waals surface area contributed by atoms with Gasteiger partial charge in [0.05, 0.1) is 13.2 Å². The van der Waals surface area contributed by atoms with Crippen LogP contribution in [0.5, 0.6) is 6.01 Å². The molecule has 12 heteroatoms. The van der Waals surface area contributed by atoms with E-state index in [4.69, 9.17) is 9.47 Å². The van der Waals surface area contributed by atoms with E-state index in [1.165, 1.54) is 12.1 Å². The molecule has 2 aromatic carbocycles. The van der Waals surface area contributed by atoms with Crippen LogP contribution in [-0.2, 0) is 11.3 Å². The Bertz CT molecular complexity index is 1220. The number of anilines is 1. The number of benzene rings is 2. The molecule has 8 nitrogen and oxygen atoms in total. The smallest absolute Gasteiger partial charge is 0.422 e. The van der Waals surface area contributed by atoms with Crippen molar-refractivity contribution in [3.63, 3.8) is 0 Å². The lowest BCUT2D eigenvalue weighted by Gasteiger charge is -2.26. The summed E-state index contributed by atoms with van der Waals surface area (Å²) in [5.41, 5.74) is 1.72. The maximum Gasteiger partial charge on any atom is 0.422 e. The third-order valence-electron chi connectivity index (χ3n) is 6.04. The molecule has 1 N–H and O–H groups in total. The molecule has 1 aromatic heterocycles. The molecule has 1 aliphatic rings. The first-order valence-corrected chi connectivity index (χ1v) is 12.6. The average Bonchev–Trinajstić information content (AvgIpc) is 2.94. The van der Waals surface area contributed by atoms with Gasteiger partial charge in [-0.15, -0.1) is 0 Å². The highest BCUT2D eigenvalue weighted by Gasteiger charge is 2.29. The molecule has 1 aliphatic heterocycles. The van der Waals surface area contributed by atoms with Crippen LogP contribution in [0.2, 0.25) is 0 Å². The third-order valence-corrected chi connectivity index (χ3v) is 6.04. The standard InChI is InChI=1S/C27H29F4N5O3/c28-22-10-4-19(5-11-22)17-32-25-33-24(34-26(35-25)39-18-27(29,30)31)21-8-6-20(7-9-21)23(37)3-1-2-12-36-13-15-38-16-14-36/h4-11H,1-3,12-18H2,(H,32,33,34,35). The second kappa shape index (κ2) is 13.4. The number of carbonyl (C=O) groups is 1. The van der Waals surface area contributed by atoms with Crippen LogP contribution in [0.3, 0.4) is 0 Å². The maximum atomic E-state index is 13.2. The predicted molar refractivity (Wildman–Crippen MR) is 136 cm³/mol. The van der Waals surface area contributed by atoms with E-state index in [2.05, 4.69) is 25.2 Å². The van der Waals surface area contributed by atoms with Gasteiger partial charge >= 0.3 is 12.2 Å². The van der Waals surface area contributed by atoms with Crippen LogP contribution in [-0.4, -0.2) is 71.3 Å². The maximum absolute atomic E-state index is 13.2. The summed E-state index contributed by atoms with van der Waals surface area (Å²) in [5, 5.41) is 2.90. The van der Waals surface area contributed by atoms with E-state index in [9.17, 15) is 22.4 Å². The molecule has 1 saturated heterocycles. The van der Waals surface area contributed by atoms with E-state index < -0.39 is 18.8 Å². The van der Waals surface area contributed by atoms with Crippen molar-refractivity contribution in [1.82, 2.24) is 19.9 Å². The Labute approximate surface area is 223 Å². The molecule has 2 heterocycles. The summed E-state index contributed by atoms with van der Waals surface area (Å²) >= 11 is 0. The average molecular weight is 548 g/mol. The van der Waals surface area contributed by atoms with Gasteiger partial charge in [-0.1, -0.05) is 36.4 Å². The molecule has 39 heavy (non-hydrogen) atoms. The first-order chi connectivity index (χ1) is 18.7. The van der Waals surface area contributed by atoms with Crippen molar-refractivity contribution < 1.29 is 31.8 Å². The highest BCUT2D eigenvalue weighted by Crippen LogP contribution is 2.22. The number of hydrogen-bond acceptors (Lipinski definition) is 8. The number of hydrogen-bond donors (Lipinski definition) is 1. The molecule has 3 aromatic rings. The summed E-state index contributed by atoms with van der Waals surface area (Å²) in [7, 11) is 0. The highest BCUT2D eigenvalue weighted by atomic mass is 19.4. The van der Waals surface area contributed by atoms with Gasteiger partial charge in [-0.05, 0) is 37.1 Å². The molecule has 0 aliphatic carbocycles. The minimum absolute atomic E-state index is 0.00928. The molecule has 0 radical (unpaired) electrons. The fourth-order valence-corrected chi connectivity index (χ4v) is 3.95. The molecule has 208 valence electrons. The highest BCUT2D eigenvalue weighted by molar-refractivity contribution is 5.96. The van der Waals surface area contributed by atoms with Crippen molar-refractivity contribution in [2.75, 3.05) is 44.8 Å². The SMILES string of the molecule is O=C(CCCCN1CCOCC1)c1ccc(-c2nc(NCc3ccc(F)cc3)nc(OCC(F)(F)F)n2)cc1. The summed E-state index contributed by atoms with van der Waals surface area (Å²) in [6.45, 7) is 2.89. The van der Waals surface area contributed by atoms with Crippen LogP contribution in [0.1, 0.15) is 35.2 Å². The first-order valence-electron chi connectivity index (χ1n) is 12.6. The molecule has 0 spiro atoms. The lowest BCUT2D eigenvalue weighted by atomic mass is 10.0. The lowest BCUT2D eigenvalue weighted by molar-refractivity contribution is -0.154. The zero-order valence-electron chi connectivity index (χ0n) is 21.2. The van der Waals surface area contributed by atoms with E-state index >= 15 is 0 Å². The van der Waals surface area contributed by atoms with Crippen molar-refractivity contribution in [3.8, 4) is 17.4 Å². The minimum Gasteiger partial charge on any atom is -0.454 e. The van der Waals surface area contributed by atoms with Gasteiger partial charge in [0.15, 0.2) is 18.2 Å². The van der Waals surface area contributed by atoms with Gasteiger partial charge in [0, 0.05) is 37.2 Å². The zero-order valence-corrected chi connectivity index (χ0v) is 21.2. The molecule has 1 fully saturated rings. The number of morpholine rings is 1. The van der Waals surface area contributed by atoms with Crippen molar-refractivity contribution in [3.05, 3.63) is 65.5 Å². The van der Waals surface area contributed by atoms with Crippen molar-refractivity contribution in [2.45, 2.75) is 32.0 Å². The van der Waals surface area contributed by atoms with Gasteiger partial charge in [-0.3, -0.25) is 9.69 Å². The molecule has 0 atom stereocenters. The monoisotopic (exact) mass is 547 g/mol. The van der Waals surface area contributed by atoms with Gasteiger partial charge in [0.2, 0.25) is 5.95 Å². The third kappa shape index (κ3) is 9.25. The lowest BCUT2D eigenvalue weighted by Crippen LogP contribution is -2.36. The summed E-state index contributed by atoms with van der Waals surface area (Å²) in [6, 6.07) is 11.8. The molecule has 0 saturated carbocycles. The van der Waals surface area contributed by atoms with Gasteiger partial charge < -0.3 is 14.8 Å². The van der Waals surface area contributed by atoms with Gasteiger partial charge in [0.25, 0.3) is 0 Å². The van der Waals surface area contributed by atoms with E-state index in [1.54, 1.807) is 36.4 Å². The molecular weight excluding hydrogens is 518 g/mol. The number of unbranched alkanes of at least 4 members (excludes halogenated alkanes) is 1. The number of ketones is 1. The van der Waals surface area contributed by atoms with Crippen molar-refractivity contribution in [1.29, 1.82) is 0 Å². The topological polar surface area (TPSA) is 89.5 Å². The Kier molecular flexibility index (Phi) is 9.77. The molecule has 0 bridgehead atoms. The molecule has 0 amide bonds.